The highest BCUT2D eigenvalue weighted by molar-refractivity contribution is 5.70. The van der Waals surface area contributed by atoms with Gasteiger partial charge in [-0.25, -0.2) is 0 Å². The van der Waals surface area contributed by atoms with Gasteiger partial charge in [0, 0.05) is 5.56 Å². The Bertz CT molecular complexity index is 581. The Labute approximate surface area is 130 Å². The van der Waals surface area contributed by atoms with Crippen molar-refractivity contribution in [1.29, 1.82) is 0 Å². The molecule has 0 amide bonds. The second-order valence-corrected chi connectivity index (χ2v) is 5.05. The summed E-state index contributed by atoms with van der Waals surface area (Å²) in [4.78, 5) is 11.5. The Hall–Kier alpha value is -2.33. The zero-order valence-electron chi connectivity index (χ0n) is 12.8. The van der Waals surface area contributed by atoms with Crippen LogP contribution in [-0.2, 0) is 16.1 Å². The van der Waals surface area contributed by atoms with Crippen LogP contribution in [0.5, 0.6) is 5.75 Å². The van der Waals surface area contributed by atoms with Crippen molar-refractivity contribution in [3.05, 3.63) is 65.7 Å². The van der Waals surface area contributed by atoms with Crippen molar-refractivity contribution in [3.8, 4) is 5.75 Å². The lowest BCUT2D eigenvalue weighted by molar-refractivity contribution is -0.425. The van der Waals surface area contributed by atoms with E-state index in [-0.39, 0.29) is 18.4 Å². The standard InChI is InChI=1S/C18H21NO3/c1-2-21-18(20)12-17(19)15-8-10-16(11-9-15)22-13-14-6-4-3-5-7-14/h3-11,17H,2,12-13,19H2,1H3/p+1/t17-/m1/s1. The Morgan fingerprint density at radius 1 is 1.09 bits per heavy atom. The van der Waals surface area contributed by atoms with Crippen LogP contribution in [0.3, 0.4) is 0 Å². The first-order chi connectivity index (χ1) is 10.7. The molecule has 4 nitrogen and oxygen atoms in total. The first-order valence-electron chi connectivity index (χ1n) is 7.44. The maximum absolute atomic E-state index is 11.5. The van der Waals surface area contributed by atoms with Crippen LogP contribution in [0.15, 0.2) is 54.6 Å². The minimum Gasteiger partial charge on any atom is -0.489 e. The highest BCUT2D eigenvalue weighted by Gasteiger charge is 2.15. The van der Waals surface area contributed by atoms with Gasteiger partial charge in [-0.15, -0.1) is 0 Å². The van der Waals surface area contributed by atoms with Gasteiger partial charge in [-0.2, -0.15) is 0 Å². The van der Waals surface area contributed by atoms with Gasteiger partial charge in [-0.3, -0.25) is 4.79 Å². The zero-order valence-corrected chi connectivity index (χ0v) is 12.8. The Balaban J connectivity index is 1.88. The van der Waals surface area contributed by atoms with E-state index < -0.39 is 0 Å². The minimum absolute atomic E-state index is 0.109. The quantitative estimate of drug-likeness (QED) is 0.799. The van der Waals surface area contributed by atoms with E-state index in [0.29, 0.717) is 13.2 Å². The fourth-order valence-corrected chi connectivity index (χ4v) is 2.12. The minimum atomic E-state index is -0.216. The predicted molar refractivity (Wildman–Crippen MR) is 84.1 cm³/mol. The van der Waals surface area contributed by atoms with E-state index in [2.05, 4.69) is 5.73 Å². The lowest BCUT2D eigenvalue weighted by atomic mass is 10.0. The van der Waals surface area contributed by atoms with Gasteiger partial charge >= 0.3 is 5.97 Å². The van der Waals surface area contributed by atoms with E-state index in [9.17, 15) is 4.79 Å². The third-order valence-corrected chi connectivity index (χ3v) is 3.32. The topological polar surface area (TPSA) is 63.2 Å². The van der Waals surface area contributed by atoms with E-state index >= 15 is 0 Å². The fraction of sp³-hybridized carbons (Fsp3) is 0.278. The summed E-state index contributed by atoms with van der Waals surface area (Å²) >= 11 is 0. The monoisotopic (exact) mass is 300 g/mol. The molecule has 0 aliphatic heterocycles. The van der Waals surface area contributed by atoms with Gasteiger partial charge in [0.1, 0.15) is 24.8 Å². The number of benzene rings is 2. The lowest BCUT2D eigenvalue weighted by Crippen LogP contribution is -2.54. The number of carbonyl (C=O) groups excluding carboxylic acids is 1. The van der Waals surface area contributed by atoms with Gasteiger partial charge in [0.25, 0.3) is 0 Å². The van der Waals surface area contributed by atoms with Crippen molar-refractivity contribution in [2.75, 3.05) is 6.61 Å². The molecule has 22 heavy (non-hydrogen) atoms. The average Bonchev–Trinajstić information content (AvgIpc) is 2.54. The zero-order chi connectivity index (χ0) is 15.8. The summed E-state index contributed by atoms with van der Waals surface area (Å²) in [5.74, 6) is 0.586. The van der Waals surface area contributed by atoms with Crippen LogP contribution in [0.2, 0.25) is 0 Å². The molecule has 0 aliphatic rings. The second kappa shape index (κ2) is 8.20. The maximum Gasteiger partial charge on any atom is 0.312 e. The summed E-state index contributed by atoms with van der Waals surface area (Å²) in [7, 11) is 0. The van der Waals surface area contributed by atoms with Crippen molar-refractivity contribution in [2.24, 2.45) is 0 Å². The third kappa shape index (κ3) is 4.90. The van der Waals surface area contributed by atoms with Gasteiger partial charge < -0.3 is 15.2 Å². The Morgan fingerprint density at radius 2 is 1.77 bits per heavy atom. The number of esters is 1. The van der Waals surface area contributed by atoms with E-state index in [0.717, 1.165) is 16.9 Å². The molecule has 0 unspecified atom stereocenters. The summed E-state index contributed by atoms with van der Waals surface area (Å²) in [6, 6.07) is 17.6. The van der Waals surface area contributed by atoms with Crippen LogP contribution in [0.4, 0.5) is 0 Å². The van der Waals surface area contributed by atoms with Gasteiger partial charge in [0.15, 0.2) is 0 Å². The number of quaternary nitrogens is 1. The molecule has 0 aromatic heterocycles. The largest absolute Gasteiger partial charge is 0.489 e. The van der Waals surface area contributed by atoms with E-state index in [1.807, 2.05) is 54.6 Å². The number of carbonyl (C=O) groups is 1. The summed E-state index contributed by atoms with van der Waals surface area (Å²) < 4.78 is 10.7. The molecule has 2 rings (SSSR count). The van der Waals surface area contributed by atoms with Crippen molar-refractivity contribution in [2.45, 2.75) is 26.0 Å². The normalized spacial score (nSPS) is 11.7. The van der Waals surface area contributed by atoms with Crippen molar-refractivity contribution in [1.82, 2.24) is 0 Å². The van der Waals surface area contributed by atoms with Gasteiger partial charge in [-0.05, 0) is 36.8 Å². The first-order valence-corrected chi connectivity index (χ1v) is 7.44. The molecule has 0 fully saturated rings. The SMILES string of the molecule is CCOC(=O)C[C@@H]([NH3+])c1ccc(OCc2ccccc2)cc1. The van der Waals surface area contributed by atoms with E-state index in [1.54, 1.807) is 6.92 Å². The van der Waals surface area contributed by atoms with Crippen LogP contribution in [0, 0.1) is 0 Å². The van der Waals surface area contributed by atoms with Crippen molar-refractivity contribution in [3.63, 3.8) is 0 Å². The van der Waals surface area contributed by atoms with Crippen LogP contribution < -0.4 is 10.5 Å². The summed E-state index contributed by atoms with van der Waals surface area (Å²) in [6.07, 6.45) is 0.290. The molecule has 0 saturated carbocycles. The number of ether oxygens (including phenoxy) is 2. The lowest BCUT2D eigenvalue weighted by Gasteiger charge is -2.10. The molecular weight excluding hydrogens is 278 g/mol. The van der Waals surface area contributed by atoms with Crippen molar-refractivity contribution < 1.29 is 20.0 Å². The summed E-state index contributed by atoms with van der Waals surface area (Å²) in [5.41, 5.74) is 6.14. The molecule has 0 aliphatic carbocycles. The van der Waals surface area contributed by atoms with Gasteiger partial charge in [0.05, 0.1) is 6.61 Å². The smallest absolute Gasteiger partial charge is 0.312 e. The molecule has 1 atom stereocenters. The molecule has 116 valence electrons. The van der Waals surface area contributed by atoms with Crippen LogP contribution in [0.1, 0.15) is 30.5 Å². The molecule has 2 aromatic carbocycles. The second-order valence-electron chi connectivity index (χ2n) is 5.05. The molecule has 0 heterocycles. The summed E-state index contributed by atoms with van der Waals surface area (Å²) in [6.45, 7) is 2.74. The van der Waals surface area contributed by atoms with Gasteiger partial charge in [-0.1, -0.05) is 30.3 Å². The highest BCUT2D eigenvalue weighted by Crippen LogP contribution is 2.18. The van der Waals surface area contributed by atoms with Crippen molar-refractivity contribution >= 4 is 5.97 Å². The van der Waals surface area contributed by atoms with Gasteiger partial charge in [0.2, 0.25) is 0 Å². The third-order valence-electron chi connectivity index (χ3n) is 3.32. The van der Waals surface area contributed by atoms with E-state index in [4.69, 9.17) is 9.47 Å². The molecule has 2 aromatic rings. The van der Waals surface area contributed by atoms with Crippen LogP contribution in [-0.4, -0.2) is 12.6 Å². The average molecular weight is 300 g/mol. The first kappa shape index (κ1) is 16.0. The molecule has 0 saturated heterocycles. The number of hydrogen-bond donors (Lipinski definition) is 1. The fourth-order valence-electron chi connectivity index (χ4n) is 2.12. The molecular formula is C18H22NO3+. The molecule has 0 radical (unpaired) electrons. The Kier molecular flexibility index (Phi) is 5.98. The molecule has 4 heteroatoms. The summed E-state index contributed by atoms with van der Waals surface area (Å²) in [5, 5.41) is 0. The number of hydrogen-bond acceptors (Lipinski definition) is 3. The number of rotatable bonds is 7. The van der Waals surface area contributed by atoms with Crippen LogP contribution in [0.25, 0.3) is 0 Å². The van der Waals surface area contributed by atoms with Crippen LogP contribution >= 0.6 is 0 Å². The predicted octanol–water partition coefficient (Wildman–Crippen LogP) is 2.50. The Morgan fingerprint density at radius 3 is 2.41 bits per heavy atom. The molecule has 0 bridgehead atoms. The molecule has 3 N–H and O–H groups in total. The maximum atomic E-state index is 11.5. The highest BCUT2D eigenvalue weighted by atomic mass is 16.5. The van der Waals surface area contributed by atoms with E-state index in [1.165, 1.54) is 0 Å². The molecule has 0 spiro atoms.